The summed E-state index contributed by atoms with van der Waals surface area (Å²) in [6, 6.07) is 4.57. The molecule has 0 radical (unpaired) electrons. The summed E-state index contributed by atoms with van der Waals surface area (Å²) in [5.74, 6) is 2.64. The van der Waals surface area contributed by atoms with E-state index in [1.165, 1.54) is 0 Å². The first-order valence-corrected chi connectivity index (χ1v) is 6.66. The first-order valence-electron chi connectivity index (χ1n) is 6.66. The molecule has 3 rings (SSSR count). The molecule has 112 valence electrons. The minimum absolute atomic E-state index is 0.0671. The number of furan rings is 1. The number of anilines is 1. The number of alkyl halides is 3. The number of nitrogens with one attached hydrogen (secondary N) is 1. The van der Waals surface area contributed by atoms with E-state index in [9.17, 15) is 13.2 Å². The molecule has 2 atom stereocenters. The van der Waals surface area contributed by atoms with Gasteiger partial charge in [-0.2, -0.15) is 13.2 Å². The summed E-state index contributed by atoms with van der Waals surface area (Å²) >= 11 is 0. The van der Waals surface area contributed by atoms with Crippen LogP contribution in [0.1, 0.15) is 36.5 Å². The Hall–Kier alpha value is -2.05. The first-order chi connectivity index (χ1) is 9.93. The van der Waals surface area contributed by atoms with Crippen LogP contribution >= 0.6 is 0 Å². The minimum atomic E-state index is -4.47. The monoisotopic (exact) mass is 297 g/mol. The zero-order valence-corrected chi connectivity index (χ0v) is 11.3. The average molecular weight is 297 g/mol. The summed E-state index contributed by atoms with van der Waals surface area (Å²) in [6.07, 6.45) is -2.27. The summed E-state index contributed by atoms with van der Waals surface area (Å²) in [7, 11) is 0. The zero-order valence-electron chi connectivity index (χ0n) is 11.3. The number of aromatic nitrogens is 2. The van der Waals surface area contributed by atoms with Crippen molar-refractivity contribution in [3.05, 3.63) is 41.6 Å². The van der Waals surface area contributed by atoms with Gasteiger partial charge in [0.1, 0.15) is 17.2 Å². The fourth-order valence-corrected chi connectivity index (χ4v) is 2.18. The average Bonchev–Trinajstić information content (AvgIpc) is 2.99. The van der Waals surface area contributed by atoms with E-state index in [2.05, 4.69) is 22.2 Å². The predicted molar refractivity (Wildman–Crippen MR) is 69.6 cm³/mol. The van der Waals surface area contributed by atoms with Gasteiger partial charge in [0.2, 0.25) is 5.95 Å². The van der Waals surface area contributed by atoms with E-state index in [0.29, 0.717) is 17.6 Å². The maximum Gasteiger partial charge on any atom is 0.433 e. The standard InChI is InChI=1S/C14H14F3N3O/c1-8-6-10(8)11-3-2-9(21-11)7-19-13-18-5-4-12(20-13)14(15,16)17/h2-5,8,10H,6-7H2,1H3,(H,18,19,20). The summed E-state index contributed by atoms with van der Waals surface area (Å²) in [5.41, 5.74) is -0.966. The largest absolute Gasteiger partial charge is 0.464 e. The van der Waals surface area contributed by atoms with Crippen LogP contribution < -0.4 is 5.32 Å². The van der Waals surface area contributed by atoms with Crippen LogP contribution in [-0.4, -0.2) is 9.97 Å². The SMILES string of the molecule is CC1CC1c1ccc(CNc2nccc(C(F)(F)F)n2)o1. The van der Waals surface area contributed by atoms with E-state index >= 15 is 0 Å². The second-order valence-corrected chi connectivity index (χ2v) is 5.24. The van der Waals surface area contributed by atoms with E-state index in [4.69, 9.17) is 4.42 Å². The Bertz CT molecular complexity index is 638. The van der Waals surface area contributed by atoms with Crippen LogP contribution in [0, 0.1) is 5.92 Å². The van der Waals surface area contributed by atoms with Crippen molar-refractivity contribution in [1.29, 1.82) is 0 Å². The lowest BCUT2D eigenvalue weighted by Crippen LogP contribution is -2.11. The fourth-order valence-electron chi connectivity index (χ4n) is 2.18. The van der Waals surface area contributed by atoms with Gasteiger partial charge < -0.3 is 9.73 Å². The van der Waals surface area contributed by atoms with Crippen LogP contribution in [-0.2, 0) is 12.7 Å². The van der Waals surface area contributed by atoms with Gasteiger partial charge in [0.25, 0.3) is 0 Å². The van der Waals surface area contributed by atoms with Gasteiger partial charge in [-0.3, -0.25) is 0 Å². The van der Waals surface area contributed by atoms with E-state index in [1.807, 2.05) is 12.1 Å². The second-order valence-electron chi connectivity index (χ2n) is 5.24. The van der Waals surface area contributed by atoms with E-state index < -0.39 is 11.9 Å². The van der Waals surface area contributed by atoms with Gasteiger partial charge in [-0.05, 0) is 30.5 Å². The van der Waals surface area contributed by atoms with Crippen LogP contribution in [0.15, 0.2) is 28.8 Å². The Labute approximate surface area is 119 Å². The molecule has 0 spiro atoms. The van der Waals surface area contributed by atoms with Crippen LogP contribution in [0.4, 0.5) is 19.1 Å². The molecule has 21 heavy (non-hydrogen) atoms. The Kier molecular flexibility index (Phi) is 3.35. The molecule has 1 fully saturated rings. The zero-order chi connectivity index (χ0) is 15.0. The van der Waals surface area contributed by atoms with Gasteiger partial charge in [0, 0.05) is 12.1 Å². The van der Waals surface area contributed by atoms with Crippen molar-refractivity contribution < 1.29 is 17.6 Å². The molecule has 0 aliphatic heterocycles. The van der Waals surface area contributed by atoms with Gasteiger partial charge in [0.15, 0.2) is 0 Å². The van der Waals surface area contributed by atoms with Crippen molar-refractivity contribution in [2.45, 2.75) is 32.0 Å². The van der Waals surface area contributed by atoms with Gasteiger partial charge >= 0.3 is 6.18 Å². The lowest BCUT2D eigenvalue weighted by Gasteiger charge is -2.07. The highest BCUT2D eigenvalue weighted by molar-refractivity contribution is 5.27. The third-order valence-electron chi connectivity index (χ3n) is 3.52. The topological polar surface area (TPSA) is 51.0 Å². The molecule has 0 saturated heterocycles. The Morgan fingerprint density at radius 1 is 1.33 bits per heavy atom. The highest BCUT2D eigenvalue weighted by Crippen LogP contribution is 2.47. The fraction of sp³-hybridized carbons (Fsp3) is 0.429. The maximum atomic E-state index is 12.5. The molecule has 1 N–H and O–H groups in total. The summed E-state index contributed by atoms with van der Waals surface area (Å²) in [5, 5.41) is 2.74. The van der Waals surface area contributed by atoms with E-state index in [0.717, 1.165) is 24.4 Å². The van der Waals surface area contributed by atoms with Gasteiger partial charge in [-0.15, -0.1) is 0 Å². The van der Waals surface area contributed by atoms with Crippen molar-refractivity contribution in [2.75, 3.05) is 5.32 Å². The predicted octanol–water partition coefficient (Wildman–Crippen LogP) is 3.82. The van der Waals surface area contributed by atoms with Crippen LogP contribution in [0.5, 0.6) is 0 Å². The number of hydrogen-bond acceptors (Lipinski definition) is 4. The van der Waals surface area contributed by atoms with Crippen molar-refractivity contribution in [3.63, 3.8) is 0 Å². The lowest BCUT2D eigenvalue weighted by atomic mass is 10.3. The molecule has 0 amide bonds. The van der Waals surface area contributed by atoms with Crippen LogP contribution in [0.3, 0.4) is 0 Å². The van der Waals surface area contributed by atoms with Crippen molar-refractivity contribution >= 4 is 5.95 Å². The molecule has 2 aromatic rings. The number of hydrogen-bond donors (Lipinski definition) is 1. The molecule has 7 heteroatoms. The Balaban J connectivity index is 1.63. The van der Waals surface area contributed by atoms with Gasteiger partial charge in [-0.25, -0.2) is 9.97 Å². The lowest BCUT2D eigenvalue weighted by molar-refractivity contribution is -0.141. The quantitative estimate of drug-likeness (QED) is 0.932. The third kappa shape index (κ3) is 3.17. The number of halogens is 3. The summed E-state index contributed by atoms with van der Waals surface area (Å²) < 4.78 is 43.2. The summed E-state index contributed by atoms with van der Waals surface area (Å²) in [4.78, 5) is 7.21. The molecular formula is C14H14F3N3O. The molecule has 2 heterocycles. The Morgan fingerprint density at radius 2 is 2.10 bits per heavy atom. The molecule has 0 bridgehead atoms. The molecule has 2 aromatic heterocycles. The maximum absolute atomic E-state index is 12.5. The first kappa shape index (κ1) is 13.9. The van der Waals surface area contributed by atoms with Crippen molar-refractivity contribution in [2.24, 2.45) is 5.92 Å². The third-order valence-corrected chi connectivity index (χ3v) is 3.52. The summed E-state index contributed by atoms with van der Waals surface area (Å²) in [6.45, 7) is 2.41. The van der Waals surface area contributed by atoms with Crippen molar-refractivity contribution in [1.82, 2.24) is 9.97 Å². The highest BCUT2D eigenvalue weighted by atomic mass is 19.4. The molecule has 0 aromatic carbocycles. The number of rotatable bonds is 4. The smallest absolute Gasteiger partial charge is 0.433 e. The molecule has 1 aliphatic carbocycles. The van der Waals surface area contributed by atoms with E-state index in [-0.39, 0.29) is 12.5 Å². The van der Waals surface area contributed by atoms with E-state index in [1.54, 1.807) is 0 Å². The van der Waals surface area contributed by atoms with Gasteiger partial charge in [-0.1, -0.05) is 6.92 Å². The second kappa shape index (κ2) is 5.05. The number of nitrogens with zero attached hydrogens (tertiary/aromatic N) is 2. The highest BCUT2D eigenvalue weighted by Gasteiger charge is 2.36. The van der Waals surface area contributed by atoms with Gasteiger partial charge in [0.05, 0.1) is 6.54 Å². The molecular weight excluding hydrogens is 283 g/mol. The molecule has 1 saturated carbocycles. The van der Waals surface area contributed by atoms with Crippen LogP contribution in [0.2, 0.25) is 0 Å². The molecule has 1 aliphatic rings. The molecule has 2 unspecified atom stereocenters. The van der Waals surface area contributed by atoms with Crippen molar-refractivity contribution in [3.8, 4) is 0 Å². The normalized spacial score (nSPS) is 21.3. The Morgan fingerprint density at radius 3 is 2.76 bits per heavy atom. The molecule has 4 nitrogen and oxygen atoms in total. The van der Waals surface area contributed by atoms with Crippen LogP contribution in [0.25, 0.3) is 0 Å². The minimum Gasteiger partial charge on any atom is -0.464 e.